The van der Waals surface area contributed by atoms with Gasteiger partial charge in [0.2, 0.25) is 0 Å². The van der Waals surface area contributed by atoms with E-state index >= 15 is 0 Å². The van der Waals surface area contributed by atoms with Crippen LogP contribution in [0.1, 0.15) is 26.2 Å². The standard InChI is InChI=1S/C9H13N/c1-7-6-10-9-5-3-2-4-8(7)9/h4,7H,2-3,5-6H2,1H3. The van der Waals surface area contributed by atoms with Gasteiger partial charge in [0.15, 0.2) is 0 Å². The van der Waals surface area contributed by atoms with Gasteiger partial charge in [0.05, 0.1) is 0 Å². The van der Waals surface area contributed by atoms with E-state index in [2.05, 4.69) is 18.0 Å². The number of rotatable bonds is 0. The Morgan fingerprint density at radius 2 is 2.50 bits per heavy atom. The van der Waals surface area contributed by atoms with Crippen LogP contribution in [0.3, 0.4) is 0 Å². The van der Waals surface area contributed by atoms with E-state index in [-0.39, 0.29) is 0 Å². The lowest BCUT2D eigenvalue weighted by Gasteiger charge is -2.12. The van der Waals surface area contributed by atoms with Crippen molar-refractivity contribution in [2.45, 2.75) is 26.2 Å². The Labute approximate surface area is 61.9 Å². The fraction of sp³-hybridized carbons (Fsp3) is 0.667. The lowest BCUT2D eigenvalue weighted by atomic mass is 9.91. The molecule has 1 unspecified atom stereocenters. The molecule has 54 valence electrons. The summed E-state index contributed by atoms with van der Waals surface area (Å²) in [6, 6.07) is 0. The third-order valence-electron chi connectivity index (χ3n) is 2.40. The molecule has 0 radical (unpaired) electrons. The molecule has 0 aromatic heterocycles. The van der Waals surface area contributed by atoms with Gasteiger partial charge in [0.25, 0.3) is 0 Å². The largest absolute Gasteiger partial charge is 0.289 e. The van der Waals surface area contributed by atoms with Gasteiger partial charge in [-0.05, 0) is 24.8 Å². The van der Waals surface area contributed by atoms with Crippen molar-refractivity contribution in [2.75, 3.05) is 6.54 Å². The normalized spacial score (nSPS) is 31.1. The van der Waals surface area contributed by atoms with Crippen molar-refractivity contribution in [3.05, 3.63) is 11.6 Å². The van der Waals surface area contributed by atoms with Gasteiger partial charge < -0.3 is 0 Å². The van der Waals surface area contributed by atoms with E-state index in [1.54, 1.807) is 5.57 Å². The van der Waals surface area contributed by atoms with Crippen LogP contribution in [-0.2, 0) is 0 Å². The van der Waals surface area contributed by atoms with Crippen molar-refractivity contribution in [1.82, 2.24) is 0 Å². The zero-order valence-corrected chi connectivity index (χ0v) is 6.43. The topological polar surface area (TPSA) is 12.4 Å². The molecule has 0 saturated heterocycles. The Morgan fingerprint density at radius 1 is 1.60 bits per heavy atom. The van der Waals surface area contributed by atoms with Crippen molar-refractivity contribution in [2.24, 2.45) is 10.9 Å². The maximum absolute atomic E-state index is 4.49. The highest BCUT2D eigenvalue weighted by molar-refractivity contribution is 6.02. The predicted octanol–water partition coefficient (Wildman–Crippen LogP) is 2.19. The Balaban J connectivity index is 2.30. The zero-order valence-electron chi connectivity index (χ0n) is 6.43. The molecule has 1 heterocycles. The molecule has 10 heavy (non-hydrogen) atoms. The minimum absolute atomic E-state index is 0.718. The summed E-state index contributed by atoms with van der Waals surface area (Å²) in [5, 5.41) is 0. The first kappa shape index (κ1) is 6.14. The van der Waals surface area contributed by atoms with Crippen LogP contribution in [0.15, 0.2) is 16.6 Å². The van der Waals surface area contributed by atoms with Gasteiger partial charge in [-0.25, -0.2) is 0 Å². The smallest absolute Gasteiger partial charge is 0.0459 e. The van der Waals surface area contributed by atoms with E-state index in [4.69, 9.17) is 0 Å². The molecule has 0 amide bonds. The lowest BCUT2D eigenvalue weighted by Crippen LogP contribution is -2.07. The summed E-state index contributed by atoms with van der Waals surface area (Å²) >= 11 is 0. The Bertz CT molecular complexity index is 201. The van der Waals surface area contributed by atoms with Gasteiger partial charge in [-0.2, -0.15) is 0 Å². The van der Waals surface area contributed by atoms with E-state index in [1.165, 1.54) is 25.0 Å². The third-order valence-corrected chi connectivity index (χ3v) is 2.40. The maximum atomic E-state index is 4.49. The minimum atomic E-state index is 0.718. The molecule has 1 nitrogen and oxygen atoms in total. The van der Waals surface area contributed by atoms with Crippen molar-refractivity contribution in [1.29, 1.82) is 0 Å². The quantitative estimate of drug-likeness (QED) is 0.483. The van der Waals surface area contributed by atoms with Gasteiger partial charge in [-0.3, -0.25) is 4.99 Å². The number of nitrogens with zero attached hydrogens (tertiary/aromatic N) is 1. The van der Waals surface area contributed by atoms with E-state index in [0.29, 0.717) is 0 Å². The molecule has 0 aromatic carbocycles. The summed E-state index contributed by atoms with van der Waals surface area (Å²) < 4.78 is 0. The molecule has 1 atom stereocenters. The van der Waals surface area contributed by atoms with Crippen LogP contribution in [0.4, 0.5) is 0 Å². The van der Waals surface area contributed by atoms with Crippen LogP contribution in [0.2, 0.25) is 0 Å². The van der Waals surface area contributed by atoms with E-state index in [0.717, 1.165) is 12.5 Å². The molecule has 0 aromatic rings. The first-order valence-electron chi connectivity index (χ1n) is 4.11. The van der Waals surface area contributed by atoms with E-state index in [1.807, 2.05) is 0 Å². The highest BCUT2D eigenvalue weighted by Gasteiger charge is 2.22. The summed E-state index contributed by atoms with van der Waals surface area (Å²) in [5.41, 5.74) is 2.95. The van der Waals surface area contributed by atoms with E-state index < -0.39 is 0 Å². The Morgan fingerprint density at radius 3 is 3.30 bits per heavy atom. The van der Waals surface area contributed by atoms with Crippen LogP contribution < -0.4 is 0 Å². The van der Waals surface area contributed by atoms with Gasteiger partial charge in [0.1, 0.15) is 0 Å². The summed E-state index contributed by atoms with van der Waals surface area (Å²) in [7, 11) is 0. The highest BCUT2D eigenvalue weighted by Crippen LogP contribution is 2.27. The Kier molecular flexibility index (Phi) is 1.37. The minimum Gasteiger partial charge on any atom is -0.289 e. The fourth-order valence-electron chi connectivity index (χ4n) is 1.79. The van der Waals surface area contributed by atoms with Gasteiger partial charge in [-0.1, -0.05) is 13.0 Å². The average molecular weight is 135 g/mol. The molecular weight excluding hydrogens is 122 g/mol. The highest BCUT2D eigenvalue weighted by atomic mass is 14.8. The lowest BCUT2D eigenvalue weighted by molar-refractivity contribution is 0.741. The number of hydrogen-bond donors (Lipinski definition) is 0. The number of fused-ring (bicyclic) bond motifs is 1. The molecule has 0 fully saturated rings. The van der Waals surface area contributed by atoms with Crippen LogP contribution >= 0.6 is 0 Å². The summed E-state index contributed by atoms with van der Waals surface area (Å²) in [6.45, 7) is 3.31. The SMILES string of the molecule is CC1CN=C2CCCC=C21. The molecule has 1 aliphatic carbocycles. The summed E-state index contributed by atoms with van der Waals surface area (Å²) in [4.78, 5) is 4.49. The number of allylic oxidation sites excluding steroid dienone is 1. The molecular formula is C9H13N. The summed E-state index contributed by atoms with van der Waals surface area (Å²) in [6.07, 6.45) is 6.20. The van der Waals surface area contributed by atoms with Crippen molar-refractivity contribution in [3.63, 3.8) is 0 Å². The van der Waals surface area contributed by atoms with Crippen molar-refractivity contribution >= 4 is 5.71 Å². The van der Waals surface area contributed by atoms with Gasteiger partial charge >= 0.3 is 0 Å². The predicted molar refractivity (Wildman–Crippen MR) is 43.4 cm³/mol. The molecule has 0 N–H and O–H groups in total. The molecule has 0 spiro atoms. The van der Waals surface area contributed by atoms with Gasteiger partial charge in [-0.15, -0.1) is 0 Å². The second-order valence-electron chi connectivity index (χ2n) is 3.24. The van der Waals surface area contributed by atoms with Crippen LogP contribution in [0, 0.1) is 5.92 Å². The molecule has 2 aliphatic rings. The zero-order chi connectivity index (χ0) is 6.97. The number of aliphatic imine (C=N–C) groups is 1. The maximum Gasteiger partial charge on any atom is 0.0459 e. The van der Waals surface area contributed by atoms with Crippen molar-refractivity contribution < 1.29 is 0 Å². The monoisotopic (exact) mass is 135 g/mol. The first-order valence-corrected chi connectivity index (χ1v) is 4.11. The molecule has 0 saturated carbocycles. The van der Waals surface area contributed by atoms with Crippen molar-refractivity contribution in [3.8, 4) is 0 Å². The van der Waals surface area contributed by atoms with Gasteiger partial charge in [0, 0.05) is 18.2 Å². The van der Waals surface area contributed by atoms with Crippen LogP contribution in [-0.4, -0.2) is 12.3 Å². The van der Waals surface area contributed by atoms with Crippen LogP contribution in [0.25, 0.3) is 0 Å². The fourth-order valence-corrected chi connectivity index (χ4v) is 1.79. The molecule has 1 aliphatic heterocycles. The second kappa shape index (κ2) is 2.22. The molecule has 1 heteroatoms. The second-order valence-corrected chi connectivity index (χ2v) is 3.24. The molecule has 0 bridgehead atoms. The number of hydrogen-bond acceptors (Lipinski definition) is 1. The molecule has 2 rings (SSSR count). The third kappa shape index (κ3) is 0.808. The first-order chi connectivity index (χ1) is 4.88. The van der Waals surface area contributed by atoms with Crippen LogP contribution in [0.5, 0.6) is 0 Å². The summed E-state index contributed by atoms with van der Waals surface area (Å²) in [5.74, 6) is 0.718. The Hall–Kier alpha value is -0.590. The van der Waals surface area contributed by atoms with E-state index in [9.17, 15) is 0 Å². The average Bonchev–Trinajstić information content (AvgIpc) is 2.34.